The van der Waals surface area contributed by atoms with Gasteiger partial charge in [-0.15, -0.1) is 4.52 Å². The lowest BCUT2D eigenvalue weighted by molar-refractivity contribution is -0.576. The minimum atomic E-state index is -6.00. The first-order chi connectivity index (χ1) is 13.7. The Hall–Kier alpha value is -2.94. The summed E-state index contributed by atoms with van der Waals surface area (Å²) in [6.07, 6.45) is 0. The molecule has 0 amide bonds. The molecule has 4 aromatic rings. The Morgan fingerprint density at radius 1 is 0.793 bits per heavy atom. The molecule has 2 aromatic carbocycles. The Balaban J connectivity index is 0.000000431. The van der Waals surface area contributed by atoms with E-state index in [0.717, 1.165) is 27.5 Å². The second-order valence-corrected chi connectivity index (χ2v) is 6.80. The average molecular weight is 419 g/mol. The molecule has 0 unspecified atom stereocenters. The molecule has 2 heterocycles. The summed E-state index contributed by atoms with van der Waals surface area (Å²) in [5, 5.41) is 0. The maximum Gasteiger partial charge on any atom is 0.673 e. The van der Waals surface area contributed by atoms with E-state index in [-0.39, 0.29) is 0 Å². The topological polar surface area (TPSA) is 13.2 Å². The van der Waals surface area contributed by atoms with E-state index in [0.29, 0.717) is 0 Å². The maximum absolute atomic E-state index is 9.75. The van der Waals surface area contributed by atoms with E-state index in [1.54, 1.807) is 0 Å². The molecule has 0 N–H and O–H groups in total. The fourth-order valence-corrected chi connectivity index (χ4v) is 3.42. The molecule has 0 saturated heterocycles. The van der Waals surface area contributed by atoms with Gasteiger partial charge in [0.1, 0.15) is 17.1 Å². The van der Waals surface area contributed by atoms with Crippen LogP contribution in [-0.2, 0) is 0 Å². The summed E-state index contributed by atoms with van der Waals surface area (Å²) in [5.41, 5.74) is 5.54. The van der Waals surface area contributed by atoms with Crippen molar-refractivity contribution in [2.45, 2.75) is 13.8 Å². The Bertz CT molecular complexity index is 1180. The molecule has 0 fully saturated rings. The molecular formula is C20H18BF4N3S. The first kappa shape index (κ1) is 20.8. The largest absolute Gasteiger partial charge is 0.673 e. The summed E-state index contributed by atoms with van der Waals surface area (Å²) in [5.74, 6) is 0. The van der Waals surface area contributed by atoms with Crippen LogP contribution in [-0.4, -0.2) is 16.5 Å². The Morgan fingerprint density at radius 3 is 1.97 bits per heavy atom. The van der Waals surface area contributed by atoms with E-state index in [2.05, 4.69) is 82.2 Å². The molecule has 4 rings (SSSR count). The van der Waals surface area contributed by atoms with Crippen LogP contribution in [0.4, 0.5) is 17.3 Å². The fourth-order valence-electron chi connectivity index (χ4n) is 3.03. The van der Waals surface area contributed by atoms with Crippen molar-refractivity contribution in [2.24, 2.45) is 0 Å². The highest BCUT2D eigenvalue weighted by molar-refractivity contribution is 7.71. The van der Waals surface area contributed by atoms with E-state index in [1.807, 2.05) is 18.2 Å². The van der Waals surface area contributed by atoms with Crippen molar-refractivity contribution in [1.29, 1.82) is 0 Å². The molecule has 0 aliphatic heterocycles. The molecule has 29 heavy (non-hydrogen) atoms. The molecule has 0 spiro atoms. The van der Waals surface area contributed by atoms with Gasteiger partial charge >= 0.3 is 12.0 Å². The lowest BCUT2D eigenvalue weighted by atomic mass is 10.2. The van der Waals surface area contributed by atoms with Gasteiger partial charge in [0.05, 0.1) is 0 Å². The van der Waals surface area contributed by atoms with Crippen LogP contribution in [0, 0.1) is 18.6 Å². The third kappa shape index (κ3) is 4.74. The second kappa shape index (κ2) is 8.20. The normalized spacial score (nSPS) is 11.2. The van der Waals surface area contributed by atoms with Gasteiger partial charge in [-0.2, -0.15) is 4.57 Å². The number of para-hydroxylation sites is 1. The molecule has 0 atom stereocenters. The predicted octanol–water partition coefficient (Wildman–Crippen LogP) is 5.65. The third-order valence-electron chi connectivity index (χ3n) is 4.23. The van der Waals surface area contributed by atoms with Crippen LogP contribution in [0.1, 0.15) is 11.3 Å². The summed E-state index contributed by atoms with van der Waals surface area (Å²) < 4.78 is 46.1. The minimum absolute atomic E-state index is 0.749. The monoisotopic (exact) mass is 419 g/mol. The number of aromatic nitrogens is 3. The van der Waals surface area contributed by atoms with Crippen molar-refractivity contribution >= 4 is 25.1 Å². The molecule has 2 aromatic heterocycles. The van der Waals surface area contributed by atoms with Crippen LogP contribution in [0.15, 0.2) is 72.8 Å². The van der Waals surface area contributed by atoms with Gasteiger partial charge in [-0.25, -0.2) is 0 Å². The summed E-state index contributed by atoms with van der Waals surface area (Å²) in [4.78, 5) is 0. The van der Waals surface area contributed by atoms with E-state index in [9.17, 15) is 17.3 Å². The second-order valence-electron chi connectivity index (χ2n) is 6.43. The molecule has 0 aliphatic rings. The molecular weight excluding hydrogens is 401 g/mol. The Labute approximate surface area is 170 Å². The zero-order chi connectivity index (χ0) is 21.2. The average Bonchev–Trinajstić information content (AvgIpc) is 2.95. The number of nitrogens with zero attached hydrogens (tertiary/aromatic N) is 3. The number of fused-ring (bicyclic) bond motifs is 1. The minimum Gasteiger partial charge on any atom is -0.418 e. The van der Waals surface area contributed by atoms with Crippen molar-refractivity contribution in [2.75, 3.05) is 0 Å². The first-order valence-corrected chi connectivity index (χ1v) is 9.23. The number of pyridine rings is 1. The van der Waals surface area contributed by atoms with E-state index >= 15 is 0 Å². The van der Waals surface area contributed by atoms with Gasteiger partial charge < -0.3 is 17.3 Å². The summed E-state index contributed by atoms with van der Waals surface area (Å²) >= 11 is 5.85. The lowest BCUT2D eigenvalue weighted by Crippen LogP contribution is -2.31. The van der Waals surface area contributed by atoms with Gasteiger partial charge in [-0.1, -0.05) is 46.6 Å². The smallest absolute Gasteiger partial charge is 0.418 e. The molecule has 0 bridgehead atoms. The van der Waals surface area contributed by atoms with Crippen LogP contribution in [0.5, 0.6) is 0 Å². The highest BCUT2D eigenvalue weighted by Gasteiger charge is 2.23. The van der Waals surface area contributed by atoms with Gasteiger partial charge in [0, 0.05) is 6.07 Å². The van der Waals surface area contributed by atoms with Crippen LogP contribution >= 0.6 is 12.2 Å². The number of hydrogen-bond acceptors (Lipinski definition) is 1. The summed E-state index contributed by atoms with van der Waals surface area (Å²) in [6, 6.07) is 25.0. The number of halogens is 4. The zero-order valence-corrected chi connectivity index (χ0v) is 16.6. The van der Waals surface area contributed by atoms with Gasteiger partial charge in [0.15, 0.2) is 0 Å². The summed E-state index contributed by atoms with van der Waals surface area (Å²) in [6.45, 7) is 4.19. The van der Waals surface area contributed by atoms with Crippen molar-refractivity contribution in [3.63, 3.8) is 0 Å². The number of benzene rings is 2. The van der Waals surface area contributed by atoms with Crippen LogP contribution in [0.3, 0.4) is 0 Å². The van der Waals surface area contributed by atoms with Gasteiger partial charge in [0.2, 0.25) is 0 Å². The van der Waals surface area contributed by atoms with Crippen molar-refractivity contribution < 1.29 is 21.8 Å². The van der Waals surface area contributed by atoms with Crippen LogP contribution in [0.25, 0.3) is 17.0 Å². The highest BCUT2D eigenvalue weighted by Crippen LogP contribution is 2.15. The third-order valence-corrected chi connectivity index (χ3v) is 4.58. The Kier molecular flexibility index (Phi) is 5.88. The number of aryl methyl sites for hydroxylation is 2. The zero-order valence-electron chi connectivity index (χ0n) is 15.8. The standard InChI is InChI=1S/C20H18N3S.BF4/c1-15-11-13-18(14-12-15)23-20(24)21(17-8-4-3-5-9-17)19-10-6-7-16(2)22(19)23;2-1(3,4)5/h3-14H,1-2H3;/q+1;-1. The van der Waals surface area contributed by atoms with E-state index in [1.165, 1.54) is 5.56 Å². The first-order valence-electron chi connectivity index (χ1n) is 8.82. The SMILES string of the molecule is Cc1ccc(-n2c(=S)[n+](-c3ccccc3)c3cccc(C)n32)cc1.F[B-](F)(F)F. The van der Waals surface area contributed by atoms with Crippen LogP contribution in [0.2, 0.25) is 0 Å². The van der Waals surface area contributed by atoms with Crippen molar-refractivity contribution in [1.82, 2.24) is 9.20 Å². The van der Waals surface area contributed by atoms with E-state index in [4.69, 9.17) is 12.2 Å². The maximum atomic E-state index is 9.75. The quantitative estimate of drug-likeness (QED) is 0.177. The molecule has 0 radical (unpaired) electrons. The van der Waals surface area contributed by atoms with Crippen molar-refractivity contribution in [3.8, 4) is 11.4 Å². The predicted molar refractivity (Wildman–Crippen MR) is 109 cm³/mol. The highest BCUT2D eigenvalue weighted by atomic mass is 32.1. The number of hydrogen-bond donors (Lipinski definition) is 0. The fraction of sp³-hybridized carbons (Fsp3) is 0.100. The molecule has 9 heteroatoms. The van der Waals surface area contributed by atoms with E-state index < -0.39 is 7.25 Å². The van der Waals surface area contributed by atoms with Gasteiger partial charge in [-0.05, 0) is 56.4 Å². The van der Waals surface area contributed by atoms with Crippen molar-refractivity contribution in [3.05, 3.63) is 88.8 Å². The molecule has 0 aliphatic carbocycles. The van der Waals surface area contributed by atoms with Gasteiger partial charge in [-0.3, -0.25) is 0 Å². The molecule has 3 nitrogen and oxygen atoms in total. The summed E-state index contributed by atoms with van der Waals surface area (Å²) in [7, 11) is -6.00. The molecule has 0 saturated carbocycles. The van der Waals surface area contributed by atoms with Crippen LogP contribution < -0.4 is 4.57 Å². The lowest BCUT2D eigenvalue weighted by Gasteiger charge is -2.00. The Morgan fingerprint density at radius 2 is 1.38 bits per heavy atom. The van der Waals surface area contributed by atoms with Gasteiger partial charge in [0.25, 0.3) is 5.65 Å². The molecule has 150 valence electrons. The number of rotatable bonds is 2.